The minimum absolute atomic E-state index is 0.0275. The molecule has 1 atom stereocenters. The lowest BCUT2D eigenvalue weighted by molar-refractivity contribution is -0.118. The first-order valence-corrected chi connectivity index (χ1v) is 10.8. The summed E-state index contributed by atoms with van der Waals surface area (Å²) < 4.78 is 5.04. The SMILES string of the molecule is CCCCNC(=O)CS[C@@H](C)c1nc2sc(C(=O)OCC)c(C)c2c(=O)[nH]1. The number of aromatic amines is 1. The largest absolute Gasteiger partial charge is 0.462 e. The summed E-state index contributed by atoms with van der Waals surface area (Å²) in [5.74, 6) is 0.324. The molecule has 0 saturated carbocycles. The topological polar surface area (TPSA) is 101 Å². The first-order chi connectivity index (χ1) is 12.9. The number of nitrogens with zero attached hydrogens (tertiary/aromatic N) is 1. The van der Waals surface area contributed by atoms with Crippen LogP contribution in [0.15, 0.2) is 4.79 Å². The number of hydrogen-bond acceptors (Lipinski definition) is 7. The van der Waals surface area contributed by atoms with Gasteiger partial charge in [0.05, 0.1) is 23.0 Å². The molecule has 27 heavy (non-hydrogen) atoms. The Hall–Kier alpha value is -1.87. The zero-order valence-electron chi connectivity index (χ0n) is 16.0. The van der Waals surface area contributed by atoms with Crippen molar-refractivity contribution in [2.75, 3.05) is 18.9 Å². The van der Waals surface area contributed by atoms with Crippen molar-refractivity contribution in [1.29, 1.82) is 0 Å². The Balaban J connectivity index is 2.16. The molecule has 7 nitrogen and oxygen atoms in total. The number of ether oxygens (including phenoxy) is 1. The average Bonchev–Trinajstić information content (AvgIpc) is 2.97. The number of esters is 1. The van der Waals surface area contributed by atoms with Crippen molar-refractivity contribution in [3.8, 4) is 0 Å². The Morgan fingerprint density at radius 2 is 2.11 bits per heavy atom. The monoisotopic (exact) mass is 411 g/mol. The highest BCUT2D eigenvalue weighted by atomic mass is 32.2. The van der Waals surface area contributed by atoms with Gasteiger partial charge in [-0.2, -0.15) is 0 Å². The van der Waals surface area contributed by atoms with E-state index in [2.05, 4.69) is 22.2 Å². The third-order valence-electron chi connectivity index (χ3n) is 3.98. The van der Waals surface area contributed by atoms with E-state index in [-0.39, 0.29) is 23.3 Å². The van der Waals surface area contributed by atoms with E-state index >= 15 is 0 Å². The number of carbonyl (C=O) groups is 2. The van der Waals surface area contributed by atoms with Crippen LogP contribution in [0.1, 0.15) is 59.9 Å². The number of nitrogens with one attached hydrogen (secondary N) is 2. The van der Waals surface area contributed by atoms with Crippen LogP contribution in [-0.4, -0.2) is 40.7 Å². The van der Waals surface area contributed by atoms with Gasteiger partial charge in [-0.1, -0.05) is 13.3 Å². The smallest absolute Gasteiger partial charge is 0.348 e. The van der Waals surface area contributed by atoms with E-state index in [0.717, 1.165) is 24.2 Å². The summed E-state index contributed by atoms with van der Waals surface area (Å²) in [6, 6.07) is 0. The first kappa shape index (κ1) is 21.4. The van der Waals surface area contributed by atoms with Crippen molar-refractivity contribution in [1.82, 2.24) is 15.3 Å². The van der Waals surface area contributed by atoms with E-state index in [4.69, 9.17) is 4.74 Å². The lowest BCUT2D eigenvalue weighted by Crippen LogP contribution is -2.26. The first-order valence-electron chi connectivity index (χ1n) is 8.97. The highest BCUT2D eigenvalue weighted by Gasteiger charge is 2.21. The van der Waals surface area contributed by atoms with Gasteiger partial charge in [0.1, 0.15) is 15.5 Å². The minimum Gasteiger partial charge on any atom is -0.462 e. The molecule has 0 aromatic carbocycles. The molecular weight excluding hydrogens is 386 g/mol. The molecule has 0 spiro atoms. The van der Waals surface area contributed by atoms with E-state index in [1.165, 1.54) is 11.8 Å². The number of H-pyrrole nitrogens is 1. The van der Waals surface area contributed by atoms with Crippen molar-refractivity contribution < 1.29 is 14.3 Å². The van der Waals surface area contributed by atoms with Crippen LogP contribution in [0.3, 0.4) is 0 Å². The van der Waals surface area contributed by atoms with Crippen LogP contribution in [0.25, 0.3) is 10.2 Å². The molecule has 148 valence electrons. The van der Waals surface area contributed by atoms with Gasteiger partial charge < -0.3 is 15.0 Å². The van der Waals surface area contributed by atoms with Crippen LogP contribution in [0.2, 0.25) is 0 Å². The highest BCUT2D eigenvalue weighted by Crippen LogP contribution is 2.30. The number of hydrogen-bond donors (Lipinski definition) is 2. The van der Waals surface area contributed by atoms with Gasteiger partial charge in [-0.3, -0.25) is 9.59 Å². The maximum atomic E-state index is 12.5. The van der Waals surface area contributed by atoms with Crippen LogP contribution in [0, 0.1) is 6.92 Å². The number of aromatic nitrogens is 2. The van der Waals surface area contributed by atoms with Crippen LogP contribution < -0.4 is 10.9 Å². The van der Waals surface area contributed by atoms with Crippen LogP contribution in [-0.2, 0) is 9.53 Å². The molecule has 0 bridgehead atoms. The minimum atomic E-state index is -0.440. The second-order valence-electron chi connectivity index (χ2n) is 6.06. The average molecular weight is 412 g/mol. The predicted octanol–water partition coefficient (Wildman–Crippen LogP) is 3.18. The Bertz CT molecular complexity index is 875. The molecule has 1 amide bonds. The molecule has 2 N–H and O–H groups in total. The number of amides is 1. The molecule has 2 rings (SSSR count). The standard InChI is InChI=1S/C18H25N3O4S2/c1-5-7-8-19-12(22)9-26-11(4)15-20-16(23)13-10(3)14(18(24)25-6-2)27-17(13)21-15/h11H,5-9H2,1-4H3,(H,19,22)(H,20,21,23)/t11-/m0/s1. The molecule has 0 unspecified atom stereocenters. The maximum Gasteiger partial charge on any atom is 0.348 e. The van der Waals surface area contributed by atoms with Crippen LogP contribution >= 0.6 is 23.1 Å². The van der Waals surface area contributed by atoms with E-state index in [1.807, 2.05) is 6.92 Å². The lowest BCUT2D eigenvalue weighted by Gasteiger charge is -2.10. The number of thioether (sulfide) groups is 1. The molecule has 0 aliphatic rings. The van der Waals surface area contributed by atoms with Gasteiger partial charge in [0.2, 0.25) is 5.91 Å². The second-order valence-corrected chi connectivity index (χ2v) is 8.39. The van der Waals surface area contributed by atoms with Gasteiger partial charge in [0.25, 0.3) is 5.56 Å². The van der Waals surface area contributed by atoms with E-state index in [0.29, 0.717) is 38.8 Å². The Kier molecular flexibility index (Phi) is 7.85. The molecule has 9 heteroatoms. The van der Waals surface area contributed by atoms with Gasteiger partial charge in [-0.05, 0) is 32.8 Å². The summed E-state index contributed by atoms with van der Waals surface area (Å²) in [5, 5.41) is 3.12. The molecule has 0 aliphatic carbocycles. The number of thiophene rings is 1. The molecular formula is C18H25N3O4S2. The van der Waals surface area contributed by atoms with Crippen molar-refractivity contribution in [2.45, 2.75) is 45.8 Å². The normalized spacial score (nSPS) is 12.1. The summed E-state index contributed by atoms with van der Waals surface area (Å²) in [7, 11) is 0. The van der Waals surface area contributed by atoms with Crippen molar-refractivity contribution in [3.63, 3.8) is 0 Å². The molecule has 2 heterocycles. The van der Waals surface area contributed by atoms with Gasteiger partial charge in [-0.25, -0.2) is 9.78 Å². The summed E-state index contributed by atoms with van der Waals surface area (Å²) >= 11 is 2.57. The van der Waals surface area contributed by atoms with Crippen LogP contribution in [0.4, 0.5) is 0 Å². The molecule has 0 fully saturated rings. The van der Waals surface area contributed by atoms with Gasteiger partial charge in [-0.15, -0.1) is 23.1 Å². The van der Waals surface area contributed by atoms with Crippen molar-refractivity contribution >= 4 is 45.2 Å². The summed E-state index contributed by atoms with van der Waals surface area (Å²) in [5.41, 5.74) is 0.309. The number of aryl methyl sites for hydroxylation is 1. The van der Waals surface area contributed by atoms with E-state index < -0.39 is 5.97 Å². The lowest BCUT2D eigenvalue weighted by atomic mass is 10.2. The Morgan fingerprint density at radius 1 is 1.37 bits per heavy atom. The fourth-order valence-electron chi connectivity index (χ4n) is 2.48. The highest BCUT2D eigenvalue weighted by molar-refractivity contribution is 8.00. The fourth-order valence-corrected chi connectivity index (χ4v) is 4.34. The molecule has 0 radical (unpaired) electrons. The molecule has 0 saturated heterocycles. The maximum absolute atomic E-state index is 12.5. The zero-order chi connectivity index (χ0) is 20.0. The number of carbonyl (C=O) groups excluding carboxylic acids is 2. The quantitative estimate of drug-likeness (QED) is 0.485. The third kappa shape index (κ3) is 5.32. The molecule has 2 aromatic heterocycles. The summed E-state index contributed by atoms with van der Waals surface area (Å²) in [4.78, 5) is 44.6. The Morgan fingerprint density at radius 3 is 2.78 bits per heavy atom. The van der Waals surface area contributed by atoms with Crippen LogP contribution in [0.5, 0.6) is 0 Å². The van der Waals surface area contributed by atoms with E-state index in [9.17, 15) is 14.4 Å². The van der Waals surface area contributed by atoms with Gasteiger partial charge >= 0.3 is 5.97 Å². The van der Waals surface area contributed by atoms with E-state index in [1.54, 1.807) is 13.8 Å². The van der Waals surface area contributed by atoms with Crippen molar-refractivity contribution in [2.24, 2.45) is 0 Å². The Labute approximate surface area is 166 Å². The van der Waals surface area contributed by atoms with Gasteiger partial charge in [0.15, 0.2) is 0 Å². The summed E-state index contributed by atoms with van der Waals surface area (Å²) in [6.07, 6.45) is 1.99. The van der Waals surface area contributed by atoms with Crippen molar-refractivity contribution in [3.05, 3.63) is 26.6 Å². The predicted molar refractivity (Wildman–Crippen MR) is 110 cm³/mol. The molecule has 2 aromatic rings. The summed E-state index contributed by atoms with van der Waals surface area (Å²) in [6.45, 7) is 8.37. The number of fused-ring (bicyclic) bond motifs is 1. The molecule has 0 aliphatic heterocycles. The fraction of sp³-hybridized carbons (Fsp3) is 0.556. The zero-order valence-corrected chi connectivity index (χ0v) is 17.6. The second kappa shape index (κ2) is 9.89. The third-order valence-corrected chi connectivity index (χ3v) is 6.30. The van der Waals surface area contributed by atoms with Gasteiger partial charge in [0, 0.05) is 6.54 Å². The number of rotatable bonds is 9. The number of unbranched alkanes of at least 4 members (excludes halogenated alkanes) is 1.